The number of hydrogen-bond donors (Lipinski definition) is 0. The molecule has 6 heteroatoms. The third-order valence-corrected chi connectivity index (χ3v) is 4.57. The second-order valence-electron chi connectivity index (χ2n) is 4.30. The predicted octanol–water partition coefficient (Wildman–Crippen LogP) is 3.11. The molecule has 0 aromatic carbocycles. The highest BCUT2D eigenvalue weighted by Crippen LogP contribution is 2.17. The van der Waals surface area contributed by atoms with Crippen LogP contribution in [-0.2, 0) is 20.4 Å². The number of halogens is 1. The van der Waals surface area contributed by atoms with E-state index < -0.39 is 9.05 Å². The Morgan fingerprint density at radius 2 is 2.18 bits per heavy atom. The van der Waals surface area contributed by atoms with Crippen molar-refractivity contribution in [2.24, 2.45) is 11.8 Å². The van der Waals surface area contributed by atoms with Gasteiger partial charge in [0.1, 0.15) is 0 Å². The maximum Gasteiger partial charge on any atom is 0.232 e. The lowest BCUT2D eigenvalue weighted by atomic mass is 9.99. The van der Waals surface area contributed by atoms with Crippen LogP contribution in [0.2, 0.25) is 0 Å². The van der Waals surface area contributed by atoms with E-state index in [-0.39, 0.29) is 17.6 Å². The summed E-state index contributed by atoms with van der Waals surface area (Å²) in [6, 6.07) is 3.96. The van der Waals surface area contributed by atoms with Crippen molar-refractivity contribution in [1.29, 1.82) is 0 Å². The predicted molar refractivity (Wildman–Crippen MR) is 71.9 cm³/mol. The average molecular weight is 297 g/mol. The zero-order valence-corrected chi connectivity index (χ0v) is 12.3. The van der Waals surface area contributed by atoms with Gasteiger partial charge in [-0.1, -0.05) is 19.9 Å². The smallest absolute Gasteiger partial charge is 0.232 e. The summed E-state index contributed by atoms with van der Waals surface area (Å²) >= 11 is 1.63. The fourth-order valence-electron chi connectivity index (χ4n) is 1.39. The first-order valence-corrected chi connectivity index (χ1v) is 8.77. The summed E-state index contributed by atoms with van der Waals surface area (Å²) in [5, 5.41) is 1.99. The molecule has 0 radical (unpaired) electrons. The Kier molecular flexibility index (Phi) is 5.92. The summed E-state index contributed by atoms with van der Waals surface area (Å²) in [5.41, 5.74) is 0. The van der Waals surface area contributed by atoms with Crippen molar-refractivity contribution in [1.82, 2.24) is 0 Å². The van der Waals surface area contributed by atoms with Crippen molar-refractivity contribution < 1.29 is 13.2 Å². The van der Waals surface area contributed by atoms with Crippen molar-refractivity contribution in [3.05, 3.63) is 22.4 Å². The van der Waals surface area contributed by atoms with Gasteiger partial charge in [0.25, 0.3) is 0 Å². The van der Waals surface area contributed by atoms with Crippen molar-refractivity contribution >= 4 is 31.1 Å². The molecule has 98 valence electrons. The van der Waals surface area contributed by atoms with Crippen LogP contribution in [0.4, 0.5) is 0 Å². The summed E-state index contributed by atoms with van der Waals surface area (Å²) in [6.45, 7) is 4.90. The molecule has 0 N–H and O–H groups in total. The zero-order chi connectivity index (χ0) is 12.9. The highest BCUT2D eigenvalue weighted by molar-refractivity contribution is 8.13. The SMILES string of the molecule is CC(C)C(COCc1cccs1)CS(=O)(=O)Cl. The van der Waals surface area contributed by atoms with Gasteiger partial charge in [-0.15, -0.1) is 11.3 Å². The first-order valence-electron chi connectivity index (χ1n) is 5.41. The molecule has 0 aliphatic rings. The molecular formula is C11H17ClO3S2. The van der Waals surface area contributed by atoms with E-state index in [9.17, 15) is 8.42 Å². The lowest BCUT2D eigenvalue weighted by Crippen LogP contribution is -2.23. The quantitative estimate of drug-likeness (QED) is 0.726. The molecule has 0 fully saturated rings. The van der Waals surface area contributed by atoms with Crippen molar-refractivity contribution in [2.75, 3.05) is 12.4 Å². The highest BCUT2D eigenvalue weighted by atomic mass is 35.7. The molecule has 0 spiro atoms. The maximum atomic E-state index is 11.0. The molecule has 0 bridgehead atoms. The summed E-state index contributed by atoms with van der Waals surface area (Å²) in [6.07, 6.45) is 0. The number of hydrogen-bond acceptors (Lipinski definition) is 4. The van der Waals surface area contributed by atoms with Gasteiger partial charge in [-0.25, -0.2) is 8.42 Å². The van der Waals surface area contributed by atoms with E-state index in [0.717, 1.165) is 4.88 Å². The van der Waals surface area contributed by atoms with Crippen LogP contribution in [0.3, 0.4) is 0 Å². The van der Waals surface area contributed by atoms with E-state index in [1.54, 1.807) is 11.3 Å². The zero-order valence-electron chi connectivity index (χ0n) is 9.93. The van der Waals surface area contributed by atoms with E-state index >= 15 is 0 Å². The van der Waals surface area contributed by atoms with E-state index in [4.69, 9.17) is 15.4 Å². The molecule has 0 aliphatic heterocycles. The molecule has 1 atom stereocenters. The lowest BCUT2D eigenvalue weighted by molar-refractivity contribution is 0.0808. The molecule has 0 saturated carbocycles. The molecule has 1 unspecified atom stereocenters. The maximum absolute atomic E-state index is 11.0. The van der Waals surface area contributed by atoms with Gasteiger partial charge in [0.15, 0.2) is 0 Å². The second-order valence-corrected chi connectivity index (χ2v) is 8.16. The van der Waals surface area contributed by atoms with Crippen LogP contribution in [0, 0.1) is 11.8 Å². The lowest BCUT2D eigenvalue weighted by Gasteiger charge is -2.18. The molecule has 1 aromatic heterocycles. The van der Waals surface area contributed by atoms with Crippen molar-refractivity contribution in [2.45, 2.75) is 20.5 Å². The van der Waals surface area contributed by atoms with Gasteiger partial charge in [-0.3, -0.25) is 0 Å². The van der Waals surface area contributed by atoms with Crippen LogP contribution < -0.4 is 0 Å². The highest BCUT2D eigenvalue weighted by Gasteiger charge is 2.20. The first-order chi connectivity index (χ1) is 7.88. The van der Waals surface area contributed by atoms with Crippen LogP contribution in [-0.4, -0.2) is 20.8 Å². The van der Waals surface area contributed by atoms with Gasteiger partial charge < -0.3 is 4.74 Å². The third kappa shape index (κ3) is 6.41. The average Bonchev–Trinajstić information content (AvgIpc) is 2.67. The minimum Gasteiger partial charge on any atom is -0.376 e. The fraction of sp³-hybridized carbons (Fsp3) is 0.636. The molecule has 0 saturated heterocycles. The summed E-state index contributed by atoms with van der Waals surface area (Å²) in [7, 11) is 1.81. The molecule has 17 heavy (non-hydrogen) atoms. The first kappa shape index (κ1) is 15.0. The normalized spacial score (nSPS) is 14.1. The number of ether oxygens (including phenoxy) is 1. The van der Waals surface area contributed by atoms with E-state index in [0.29, 0.717) is 13.2 Å². The molecular weight excluding hydrogens is 280 g/mol. The molecule has 0 amide bonds. The van der Waals surface area contributed by atoms with Crippen LogP contribution >= 0.6 is 22.0 Å². The van der Waals surface area contributed by atoms with Crippen molar-refractivity contribution in [3.8, 4) is 0 Å². The van der Waals surface area contributed by atoms with Gasteiger partial charge >= 0.3 is 0 Å². The topological polar surface area (TPSA) is 43.4 Å². The summed E-state index contributed by atoms with van der Waals surface area (Å²) in [5.74, 6) is 0.140. The fourth-order valence-corrected chi connectivity index (χ4v) is 3.51. The number of rotatable bonds is 7. The second kappa shape index (κ2) is 6.73. The van der Waals surface area contributed by atoms with Crippen molar-refractivity contribution in [3.63, 3.8) is 0 Å². The molecule has 1 aromatic rings. The van der Waals surface area contributed by atoms with Crippen LogP contribution in [0.25, 0.3) is 0 Å². The van der Waals surface area contributed by atoms with Gasteiger partial charge in [0.05, 0.1) is 19.0 Å². The Hall–Kier alpha value is -0.100. The Bertz CT molecular complexity index is 412. The van der Waals surface area contributed by atoms with E-state index in [1.807, 2.05) is 31.4 Å². The standard InChI is InChI=1S/C11H17ClO3S2/c1-9(2)10(8-17(12,13)14)6-15-7-11-4-3-5-16-11/h3-5,9-10H,6-8H2,1-2H3. The van der Waals surface area contributed by atoms with E-state index in [1.165, 1.54) is 0 Å². The molecule has 1 rings (SSSR count). The third-order valence-electron chi connectivity index (χ3n) is 2.51. The minimum atomic E-state index is -3.46. The summed E-state index contributed by atoms with van der Waals surface area (Å²) in [4.78, 5) is 1.14. The van der Waals surface area contributed by atoms with Crippen LogP contribution in [0.5, 0.6) is 0 Å². The Morgan fingerprint density at radius 3 is 2.65 bits per heavy atom. The Labute approximate surface area is 111 Å². The molecule has 0 aliphatic carbocycles. The van der Waals surface area contributed by atoms with Crippen LogP contribution in [0.1, 0.15) is 18.7 Å². The van der Waals surface area contributed by atoms with Crippen LogP contribution in [0.15, 0.2) is 17.5 Å². The van der Waals surface area contributed by atoms with Gasteiger partial charge in [-0.2, -0.15) is 0 Å². The Morgan fingerprint density at radius 1 is 1.47 bits per heavy atom. The largest absolute Gasteiger partial charge is 0.376 e. The van der Waals surface area contributed by atoms with E-state index in [2.05, 4.69) is 0 Å². The van der Waals surface area contributed by atoms with Gasteiger partial charge in [0, 0.05) is 15.6 Å². The monoisotopic (exact) mass is 296 g/mol. The number of thiophene rings is 1. The molecule has 3 nitrogen and oxygen atoms in total. The summed E-state index contributed by atoms with van der Waals surface area (Å²) < 4.78 is 27.6. The van der Waals surface area contributed by atoms with Gasteiger partial charge in [0.2, 0.25) is 9.05 Å². The van der Waals surface area contributed by atoms with Gasteiger partial charge in [-0.05, 0) is 23.3 Å². The Balaban J connectivity index is 2.40. The molecule has 1 heterocycles. The minimum absolute atomic E-state index is 0.0311.